The summed E-state index contributed by atoms with van der Waals surface area (Å²) < 4.78 is 0. The number of rotatable bonds is 7. The third kappa shape index (κ3) is 5.37. The molecule has 12 rings (SSSR count). The van der Waals surface area contributed by atoms with E-state index >= 15 is 0 Å². The van der Waals surface area contributed by atoms with E-state index in [4.69, 9.17) is 9.97 Å². The van der Waals surface area contributed by atoms with Crippen LogP contribution < -0.4 is 4.90 Å². The summed E-state index contributed by atoms with van der Waals surface area (Å²) in [7, 11) is 0. The van der Waals surface area contributed by atoms with Gasteiger partial charge < -0.3 is 0 Å². The first-order valence-corrected chi connectivity index (χ1v) is 21.2. The maximum atomic E-state index is 4.79. The van der Waals surface area contributed by atoms with Gasteiger partial charge in [-0.3, -0.25) is 4.90 Å². The highest BCUT2D eigenvalue weighted by Gasteiger charge is 2.48. The molecule has 0 fully saturated rings. The van der Waals surface area contributed by atoms with Crippen molar-refractivity contribution in [1.29, 1.82) is 0 Å². The number of benzene rings is 7. The Kier molecular flexibility index (Phi) is 8.11. The van der Waals surface area contributed by atoms with E-state index in [0.29, 0.717) is 0 Å². The molecule has 9 aromatic rings. The SMILES string of the molecule is C(=C\c1cccc2c1-c1ccccc1C2(c1ccccc1)c1ccccc1)/c1ccc2c(c1)C1(Cc3ccccc3C1)c1cc(N(c3ccccn3)c3ccccn3)ccc1-2. The molecule has 0 saturated heterocycles. The Morgan fingerprint density at radius 2 is 1.00 bits per heavy atom. The lowest BCUT2D eigenvalue weighted by Gasteiger charge is -2.33. The van der Waals surface area contributed by atoms with Gasteiger partial charge in [0.2, 0.25) is 0 Å². The largest absolute Gasteiger partial charge is 0.279 e. The van der Waals surface area contributed by atoms with Crippen molar-refractivity contribution in [3.8, 4) is 22.3 Å². The van der Waals surface area contributed by atoms with Gasteiger partial charge in [-0.15, -0.1) is 0 Å². The molecular weight excluding hydrogens is 739 g/mol. The van der Waals surface area contributed by atoms with Gasteiger partial charge in [0.15, 0.2) is 0 Å². The molecule has 3 heteroatoms. The molecule has 2 aromatic heterocycles. The van der Waals surface area contributed by atoms with Crippen molar-refractivity contribution in [2.24, 2.45) is 0 Å². The fourth-order valence-corrected chi connectivity index (χ4v) is 10.9. The van der Waals surface area contributed by atoms with E-state index in [1.165, 1.54) is 77.9 Å². The second-order valence-corrected chi connectivity index (χ2v) is 16.6. The van der Waals surface area contributed by atoms with Gasteiger partial charge in [-0.05, 0) is 127 Å². The van der Waals surface area contributed by atoms with Gasteiger partial charge in [-0.1, -0.05) is 176 Å². The van der Waals surface area contributed by atoms with Crippen molar-refractivity contribution in [3.63, 3.8) is 0 Å². The lowest BCUT2D eigenvalue weighted by molar-refractivity contribution is 0.563. The number of hydrogen-bond donors (Lipinski definition) is 0. The summed E-state index contributed by atoms with van der Waals surface area (Å²) in [5, 5.41) is 0. The number of fused-ring (bicyclic) bond motifs is 9. The molecule has 3 aliphatic rings. The Hall–Kier alpha value is -7.62. The first kappa shape index (κ1) is 35.3. The molecule has 0 amide bonds. The van der Waals surface area contributed by atoms with Crippen LogP contribution in [0.1, 0.15) is 55.6 Å². The molecule has 1 spiro atoms. The molecule has 0 radical (unpaired) electrons. The lowest BCUT2D eigenvalue weighted by Crippen LogP contribution is -2.28. The molecule has 0 N–H and O–H groups in total. The van der Waals surface area contributed by atoms with E-state index in [0.717, 1.165) is 30.2 Å². The highest BCUT2D eigenvalue weighted by molar-refractivity contribution is 5.93. The lowest BCUT2D eigenvalue weighted by atomic mass is 9.67. The zero-order valence-electron chi connectivity index (χ0n) is 33.6. The van der Waals surface area contributed by atoms with Crippen LogP contribution in [0.25, 0.3) is 34.4 Å². The van der Waals surface area contributed by atoms with Crippen molar-refractivity contribution in [3.05, 3.63) is 268 Å². The number of pyridine rings is 2. The first-order valence-electron chi connectivity index (χ1n) is 21.2. The minimum absolute atomic E-state index is 0.202. The molecule has 61 heavy (non-hydrogen) atoms. The Bertz CT molecular complexity index is 3030. The standard InChI is InChI=1S/C58H41N3/c1-3-19-44(20-4-1)58(45-21-5-2-6-22-45)50-24-10-9-23-49(50)56-41(18-15-25-51(56)58)30-28-40-29-32-47-48-33-31-46(61(54-26-11-13-34-59-54)55-27-12-14-35-60-55)37-53(48)57(52(47)36-40)38-42-16-7-8-17-43(42)39-57/h1-37H,38-39H2/b30-28+. The van der Waals surface area contributed by atoms with E-state index in [1.54, 1.807) is 0 Å². The van der Waals surface area contributed by atoms with Gasteiger partial charge in [0.1, 0.15) is 11.6 Å². The summed E-state index contributed by atoms with van der Waals surface area (Å²) in [6, 6.07) is 73.2. The second-order valence-electron chi connectivity index (χ2n) is 16.6. The molecule has 0 unspecified atom stereocenters. The van der Waals surface area contributed by atoms with E-state index in [9.17, 15) is 0 Å². The number of hydrogen-bond acceptors (Lipinski definition) is 3. The van der Waals surface area contributed by atoms with Gasteiger partial charge in [-0.25, -0.2) is 9.97 Å². The van der Waals surface area contributed by atoms with Crippen molar-refractivity contribution in [1.82, 2.24) is 9.97 Å². The van der Waals surface area contributed by atoms with Crippen LogP contribution in [0.15, 0.2) is 213 Å². The van der Waals surface area contributed by atoms with Gasteiger partial charge in [0.25, 0.3) is 0 Å². The molecule has 3 aliphatic carbocycles. The van der Waals surface area contributed by atoms with Crippen LogP contribution in [0.5, 0.6) is 0 Å². The first-order chi connectivity index (χ1) is 30.2. The fourth-order valence-electron chi connectivity index (χ4n) is 10.9. The molecule has 7 aromatic carbocycles. The zero-order valence-corrected chi connectivity index (χ0v) is 33.6. The van der Waals surface area contributed by atoms with Crippen molar-refractivity contribution < 1.29 is 0 Å². The quantitative estimate of drug-likeness (QED) is 0.151. The van der Waals surface area contributed by atoms with Gasteiger partial charge >= 0.3 is 0 Å². The maximum Gasteiger partial charge on any atom is 0.138 e. The van der Waals surface area contributed by atoms with Crippen LogP contribution in [0.4, 0.5) is 17.3 Å². The summed E-state index contributed by atoms with van der Waals surface area (Å²) in [6.07, 6.45) is 10.3. The monoisotopic (exact) mass is 779 g/mol. The zero-order chi connectivity index (χ0) is 40.4. The molecule has 0 saturated carbocycles. The minimum atomic E-state index is -0.427. The van der Waals surface area contributed by atoms with Crippen LogP contribution in [-0.2, 0) is 23.7 Å². The van der Waals surface area contributed by atoms with Gasteiger partial charge in [0.05, 0.1) is 5.41 Å². The summed E-state index contributed by atoms with van der Waals surface area (Å²) in [5.41, 5.74) is 18.9. The average Bonchev–Trinajstić information content (AvgIpc) is 3.96. The number of anilines is 3. The smallest absolute Gasteiger partial charge is 0.138 e. The third-order valence-corrected chi connectivity index (χ3v) is 13.5. The van der Waals surface area contributed by atoms with Crippen LogP contribution >= 0.6 is 0 Å². The van der Waals surface area contributed by atoms with E-state index < -0.39 is 5.41 Å². The summed E-state index contributed by atoms with van der Waals surface area (Å²) >= 11 is 0. The Balaban J connectivity index is 0.990. The fraction of sp³-hybridized carbons (Fsp3) is 0.0690. The van der Waals surface area contributed by atoms with Crippen molar-refractivity contribution in [2.45, 2.75) is 23.7 Å². The molecule has 2 heterocycles. The number of nitrogens with zero attached hydrogens (tertiary/aromatic N) is 3. The average molecular weight is 780 g/mol. The van der Waals surface area contributed by atoms with Crippen LogP contribution in [-0.4, -0.2) is 9.97 Å². The molecule has 0 bridgehead atoms. The van der Waals surface area contributed by atoms with Crippen molar-refractivity contribution >= 4 is 29.5 Å². The van der Waals surface area contributed by atoms with Crippen LogP contribution in [0, 0.1) is 0 Å². The molecule has 288 valence electrons. The van der Waals surface area contributed by atoms with Crippen molar-refractivity contribution in [2.75, 3.05) is 4.90 Å². The summed E-state index contributed by atoms with van der Waals surface area (Å²) in [5.74, 6) is 1.68. The maximum absolute atomic E-state index is 4.79. The topological polar surface area (TPSA) is 29.0 Å². The van der Waals surface area contributed by atoms with E-state index in [1.807, 2.05) is 36.7 Å². The van der Waals surface area contributed by atoms with E-state index in [-0.39, 0.29) is 5.41 Å². The predicted molar refractivity (Wildman–Crippen MR) is 249 cm³/mol. The predicted octanol–water partition coefficient (Wildman–Crippen LogP) is 13.5. The Morgan fingerprint density at radius 3 is 1.66 bits per heavy atom. The highest BCUT2D eigenvalue weighted by Crippen LogP contribution is 2.58. The molecule has 3 nitrogen and oxygen atoms in total. The minimum Gasteiger partial charge on any atom is -0.279 e. The normalized spacial score (nSPS) is 14.6. The van der Waals surface area contributed by atoms with E-state index in [2.05, 4.69) is 193 Å². The molecular formula is C58H41N3. The summed E-state index contributed by atoms with van der Waals surface area (Å²) in [4.78, 5) is 11.8. The summed E-state index contributed by atoms with van der Waals surface area (Å²) in [6.45, 7) is 0. The second kappa shape index (κ2) is 14.0. The van der Waals surface area contributed by atoms with Crippen LogP contribution in [0.3, 0.4) is 0 Å². The van der Waals surface area contributed by atoms with Crippen LogP contribution in [0.2, 0.25) is 0 Å². The number of aromatic nitrogens is 2. The third-order valence-electron chi connectivity index (χ3n) is 13.5. The molecule has 0 aliphatic heterocycles. The Labute approximate surface area is 357 Å². The van der Waals surface area contributed by atoms with Gasteiger partial charge in [-0.2, -0.15) is 0 Å². The highest BCUT2D eigenvalue weighted by atomic mass is 15.2. The van der Waals surface area contributed by atoms with Gasteiger partial charge in [0, 0.05) is 23.5 Å². The molecule has 0 atom stereocenters. The Morgan fingerprint density at radius 1 is 0.426 bits per heavy atom.